The van der Waals surface area contributed by atoms with Crippen molar-refractivity contribution in [2.45, 2.75) is 20.3 Å². The standard InChI is InChI=1S/C16H24O4/c1-13-5-6-15(11-14(13)2)16(17)12-20-10-9-19-8-4-7-18-3/h5-6,11H,4,7-10,12H2,1-3H3. The monoisotopic (exact) mass is 280 g/mol. The van der Waals surface area contributed by atoms with E-state index in [0.717, 1.165) is 12.0 Å². The van der Waals surface area contributed by atoms with E-state index in [0.29, 0.717) is 32.0 Å². The van der Waals surface area contributed by atoms with Gasteiger partial charge in [-0.05, 0) is 37.5 Å². The number of Topliss-reactive ketones (excluding diaryl/α,β-unsaturated/α-hetero) is 1. The van der Waals surface area contributed by atoms with E-state index in [-0.39, 0.29) is 12.4 Å². The Kier molecular flexibility index (Phi) is 8.11. The topological polar surface area (TPSA) is 44.8 Å². The van der Waals surface area contributed by atoms with Gasteiger partial charge in [-0.2, -0.15) is 0 Å². The number of ketones is 1. The molecule has 0 radical (unpaired) electrons. The molecule has 0 heterocycles. The Hall–Kier alpha value is -1.23. The van der Waals surface area contributed by atoms with Crippen molar-refractivity contribution in [2.75, 3.05) is 40.1 Å². The van der Waals surface area contributed by atoms with E-state index in [4.69, 9.17) is 14.2 Å². The Balaban J connectivity index is 2.15. The maximum absolute atomic E-state index is 11.9. The van der Waals surface area contributed by atoms with Crippen molar-refractivity contribution in [1.82, 2.24) is 0 Å². The highest BCUT2D eigenvalue weighted by Gasteiger charge is 2.06. The van der Waals surface area contributed by atoms with Crippen molar-refractivity contribution < 1.29 is 19.0 Å². The van der Waals surface area contributed by atoms with Crippen molar-refractivity contribution in [1.29, 1.82) is 0 Å². The van der Waals surface area contributed by atoms with Gasteiger partial charge in [0.15, 0.2) is 5.78 Å². The van der Waals surface area contributed by atoms with Crippen LogP contribution in [0.4, 0.5) is 0 Å². The molecule has 0 aliphatic carbocycles. The quantitative estimate of drug-likeness (QED) is 0.488. The second-order valence-corrected chi connectivity index (χ2v) is 4.73. The molecule has 0 aliphatic heterocycles. The van der Waals surface area contributed by atoms with Crippen LogP contribution in [0.5, 0.6) is 0 Å². The van der Waals surface area contributed by atoms with E-state index in [1.165, 1.54) is 5.56 Å². The first-order valence-electron chi connectivity index (χ1n) is 6.90. The minimum absolute atomic E-state index is 0.00693. The average Bonchev–Trinajstić information content (AvgIpc) is 2.44. The van der Waals surface area contributed by atoms with Crippen LogP contribution in [-0.4, -0.2) is 45.9 Å². The minimum Gasteiger partial charge on any atom is -0.385 e. The van der Waals surface area contributed by atoms with Crippen LogP contribution in [0.1, 0.15) is 27.9 Å². The molecule has 0 aromatic heterocycles. The van der Waals surface area contributed by atoms with Crippen molar-refractivity contribution in [3.05, 3.63) is 34.9 Å². The fraction of sp³-hybridized carbons (Fsp3) is 0.562. The van der Waals surface area contributed by atoms with Gasteiger partial charge in [0.2, 0.25) is 0 Å². The number of ether oxygens (including phenoxy) is 3. The fourth-order valence-electron chi connectivity index (χ4n) is 1.69. The van der Waals surface area contributed by atoms with Gasteiger partial charge in [-0.3, -0.25) is 4.79 Å². The number of hydrogen-bond donors (Lipinski definition) is 0. The molecule has 1 aromatic carbocycles. The molecule has 112 valence electrons. The first-order chi connectivity index (χ1) is 9.65. The van der Waals surface area contributed by atoms with Gasteiger partial charge in [0.25, 0.3) is 0 Å². The summed E-state index contributed by atoms with van der Waals surface area (Å²) in [7, 11) is 1.67. The molecule has 4 nitrogen and oxygen atoms in total. The summed E-state index contributed by atoms with van der Waals surface area (Å²) in [5.41, 5.74) is 3.01. The van der Waals surface area contributed by atoms with Gasteiger partial charge in [0.05, 0.1) is 13.2 Å². The lowest BCUT2D eigenvalue weighted by Crippen LogP contribution is -2.13. The average molecular weight is 280 g/mol. The summed E-state index contributed by atoms with van der Waals surface area (Å²) < 4.78 is 15.6. The van der Waals surface area contributed by atoms with E-state index in [1.54, 1.807) is 7.11 Å². The number of methoxy groups -OCH3 is 1. The Morgan fingerprint density at radius 3 is 2.45 bits per heavy atom. The van der Waals surface area contributed by atoms with Gasteiger partial charge in [-0.1, -0.05) is 12.1 Å². The van der Waals surface area contributed by atoms with E-state index in [1.807, 2.05) is 32.0 Å². The van der Waals surface area contributed by atoms with Crippen LogP contribution < -0.4 is 0 Å². The molecule has 0 saturated heterocycles. The maximum Gasteiger partial charge on any atom is 0.188 e. The second kappa shape index (κ2) is 9.64. The SMILES string of the molecule is COCCCOCCOCC(=O)c1ccc(C)c(C)c1. The Labute approximate surface area is 121 Å². The van der Waals surface area contributed by atoms with Gasteiger partial charge in [-0.15, -0.1) is 0 Å². The molecule has 0 saturated carbocycles. The van der Waals surface area contributed by atoms with Crippen LogP contribution in [0.25, 0.3) is 0 Å². The molecule has 20 heavy (non-hydrogen) atoms. The third-order valence-corrected chi connectivity index (χ3v) is 3.07. The molecule has 1 rings (SSSR count). The molecular weight excluding hydrogens is 256 g/mol. The molecule has 0 spiro atoms. The molecule has 0 N–H and O–H groups in total. The molecule has 0 atom stereocenters. The molecule has 0 unspecified atom stereocenters. The van der Waals surface area contributed by atoms with Gasteiger partial charge in [0, 0.05) is 25.9 Å². The van der Waals surface area contributed by atoms with Crippen LogP contribution in [-0.2, 0) is 14.2 Å². The minimum atomic E-state index is 0.00693. The van der Waals surface area contributed by atoms with Crippen LogP contribution in [0, 0.1) is 13.8 Å². The van der Waals surface area contributed by atoms with E-state index >= 15 is 0 Å². The Morgan fingerprint density at radius 1 is 1.00 bits per heavy atom. The van der Waals surface area contributed by atoms with Crippen molar-refractivity contribution in [3.63, 3.8) is 0 Å². The molecular formula is C16H24O4. The van der Waals surface area contributed by atoms with E-state index in [9.17, 15) is 4.79 Å². The highest BCUT2D eigenvalue weighted by molar-refractivity contribution is 5.97. The first-order valence-corrected chi connectivity index (χ1v) is 6.90. The summed E-state index contributed by atoms with van der Waals surface area (Å²) in [6.07, 6.45) is 0.873. The zero-order valence-electron chi connectivity index (χ0n) is 12.6. The number of hydrogen-bond acceptors (Lipinski definition) is 4. The predicted molar refractivity (Wildman–Crippen MR) is 78.4 cm³/mol. The highest BCUT2D eigenvalue weighted by Crippen LogP contribution is 2.10. The number of benzene rings is 1. The van der Waals surface area contributed by atoms with Gasteiger partial charge >= 0.3 is 0 Å². The van der Waals surface area contributed by atoms with Gasteiger partial charge in [0.1, 0.15) is 6.61 Å². The largest absolute Gasteiger partial charge is 0.385 e. The zero-order chi connectivity index (χ0) is 14.8. The number of carbonyl (C=O) groups excluding carboxylic acids is 1. The normalized spacial score (nSPS) is 10.8. The number of carbonyl (C=O) groups is 1. The summed E-state index contributed by atoms with van der Waals surface area (Å²) >= 11 is 0. The highest BCUT2D eigenvalue weighted by atomic mass is 16.5. The van der Waals surface area contributed by atoms with Crippen molar-refractivity contribution in [3.8, 4) is 0 Å². The predicted octanol–water partition coefficient (Wildman–Crippen LogP) is 2.56. The van der Waals surface area contributed by atoms with E-state index < -0.39 is 0 Å². The number of aryl methyl sites for hydroxylation is 2. The first kappa shape index (κ1) is 16.8. The third-order valence-electron chi connectivity index (χ3n) is 3.07. The smallest absolute Gasteiger partial charge is 0.188 e. The van der Waals surface area contributed by atoms with Crippen LogP contribution in [0.3, 0.4) is 0 Å². The van der Waals surface area contributed by atoms with Crippen molar-refractivity contribution in [2.24, 2.45) is 0 Å². The van der Waals surface area contributed by atoms with E-state index in [2.05, 4.69) is 0 Å². The Bertz CT molecular complexity index is 415. The summed E-state index contributed by atoms with van der Waals surface area (Å²) in [4.78, 5) is 11.9. The molecule has 0 aliphatic rings. The molecule has 0 bridgehead atoms. The molecule has 1 aromatic rings. The zero-order valence-corrected chi connectivity index (χ0v) is 12.6. The van der Waals surface area contributed by atoms with Crippen molar-refractivity contribution >= 4 is 5.78 Å². The van der Waals surface area contributed by atoms with Crippen LogP contribution in [0.15, 0.2) is 18.2 Å². The van der Waals surface area contributed by atoms with Crippen LogP contribution in [0.2, 0.25) is 0 Å². The van der Waals surface area contributed by atoms with Gasteiger partial charge in [-0.25, -0.2) is 0 Å². The fourth-order valence-corrected chi connectivity index (χ4v) is 1.69. The van der Waals surface area contributed by atoms with Gasteiger partial charge < -0.3 is 14.2 Å². The van der Waals surface area contributed by atoms with Crippen LogP contribution >= 0.6 is 0 Å². The number of rotatable bonds is 10. The lowest BCUT2D eigenvalue weighted by Gasteiger charge is -2.07. The summed E-state index contributed by atoms with van der Waals surface area (Å²) in [5.74, 6) is 0.00693. The summed E-state index contributed by atoms with van der Waals surface area (Å²) in [6.45, 7) is 6.42. The molecule has 0 fully saturated rings. The Morgan fingerprint density at radius 2 is 1.75 bits per heavy atom. The summed E-state index contributed by atoms with van der Waals surface area (Å²) in [6, 6.07) is 5.71. The maximum atomic E-state index is 11.9. The second-order valence-electron chi connectivity index (χ2n) is 4.73. The third kappa shape index (κ3) is 6.28. The molecule has 4 heteroatoms. The molecule has 0 amide bonds. The lowest BCUT2D eigenvalue weighted by molar-refractivity contribution is 0.0382. The summed E-state index contributed by atoms with van der Waals surface area (Å²) in [5, 5.41) is 0. The lowest BCUT2D eigenvalue weighted by atomic mass is 10.0.